The highest BCUT2D eigenvalue weighted by Crippen LogP contribution is 2.19. The van der Waals surface area contributed by atoms with Crippen LogP contribution in [0.1, 0.15) is 25.1 Å². The average Bonchev–Trinajstić information content (AvgIpc) is 2.40. The molecule has 100 valence electrons. The molecular weight excluding hydrogens is 240 g/mol. The predicted molar refractivity (Wildman–Crippen MR) is 73.1 cm³/mol. The summed E-state index contributed by atoms with van der Waals surface area (Å²) in [5.41, 5.74) is 1.85. The second-order valence-electron chi connectivity index (χ2n) is 4.60. The Morgan fingerprint density at radius 2 is 1.95 bits per heavy atom. The van der Waals surface area contributed by atoms with Crippen LogP contribution in [-0.4, -0.2) is 21.0 Å². The number of nitrogens with one attached hydrogen (secondary N) is 1. The smallest absolute Gasteiger partial charge is 0.321 e. The van der Waals surface area contributed by atoms with Crippen molar-refractivity contribution in [1.29, 1.82) is 0 Å². The van der Waals surface area contributed by atoms with Gasteiger partial charge in [-0.15, -0.1) is 0 Å². The van der Waals surface area contributed by atoms with E-state index in [1.54, 1.807) is 18.6 Å². The molecule has 0 amide bonds. The van der Waals surface area contributed by atoms with Crippen LogP contribution in [0.2, 0.25) is 0 Å². The predicted octanol–water partition coefficient (Wildman–Crippen LogP) is 2.47. The molecule has 19 heavy (non-hydrogen) atoms. The molecule has 2 rings (SSSR count). The first-order chi connectivity index (χ1) is 9.15. The number of aryl methyl sites for hydroxylation is 1. The molecule has 0 aliphatic heterocycles. The maximum absolute atomic E-state index is 5.58. The number of nitrogens with zero attached hydrogens (tertiary/aromatic N) is 3. The van der Waals surface area contributed by atoms with E-state index in [-0.39, 0.29) is 0 Å². The van der Waals surface area contributed by atoms with Gasteiger partial charge in [0.25, 0.3) is 0 Å². The van der Waals surface area contributed by atoms with Gasteiger partial charge in [0.2, 0.25) is 0 Å². The second kappa shape index (κ2) is 6.24. The fourth-order valence-electron chi connectivity index (χ4n) is 1.48. The summed E-state index contributed by atoms with van der Waals surface area (Å²) in [6.07, 6.45) is 5.26. The standard InChI is InChI=1S/C14H18N4O/c1-10(2)16-7-12-8-17-14(18-9-12)19-13-5-4-6-15-11(13)3/h4-6,8-10,16H,7H2,1-3H3. The van der Waals surface area contributed by atoms with E-state index in [4.69, 9.17) is 4.74 Å². The van der Waals surface area contributed by atoms with Gasteiger partial charge in [-0.3, -0.25) is 4.98 Å². The minimum atomic E-state index is 0.337. The molecule has 0 saturated heterocycles. The third kappa shape index (κ3) is 3.99. The van der Waals surface area contributed by atoms with E-state index in [0.29, 0.717) is 17.8 Å². The number of rotatable bonds is 5. The second-order valence-corrected chi connectivity index (χ2v) is 4.60. The number of pyridine rings is 1. The van der Waals surface area contributed by atoms with E-state index in [1.165, 1.54) is 0 Å². The largest absolute Gasteiger partial charge is 0.422 e. The summed E-state index contributed by atoms with van der Waals surface area (Å²) in [6, 6.07) is 4.45. The van der Waals surface area contributed by atoms with E-state index < -0.39 is 0 Å². The maximum atomic E-state index is 5.58. The van der Waals surface area contributed by atoms with Crippen molar-refractivity contribution < 1.29 is 4.74 Å². The van der Waals surface area contributed by atoms with Crippen LogP contribution in [0.25, 0.3) is 0 Å². The SMILES string of the molecule is Cc1ncccc1Oc1ncc(CNC(C)C)cn1. The Labute approximate surface area is 113 Å². The Bertz CT molecular complexity index is 525. The quantitative estimate of drug-likeness (QED) is 0.892. The first kappa shape index (κ1) is 13.4. The van der Waals surface area contributed by atoms with Crippen LogP contribution in [0, 0.1) is 6.92 Å². The molecule has 2 aromatic rings. The fraction of sp³-hybridized carbons (Fsp3) is 0.357. The number of hydrogen-bond donors (Lipinski definition) is 1. The molecule has 0 aromatic carbocycles. The summed E-state index contributed by atoms with van der Waals surface area (Å²) in [7, 11) is 0. The van der Waals surface area contributed by atoms with Crippen molar-refractivity contribution in [2.75, 3.05) is 0 Å². The first-order valence-electron chi connectivity index (χ1n) is 6.29. The van der Waals surface area contributed by atoms with Crippen LogP contribution < -0.4 is 10.1 Å². The van der Waals surface area contributed by atoms with Crippen LogP contribution in [-0.2, 0) is 6.54 Å². The van der Waals surface area contributed by atoms with Crippen molar-refractivity contribution in [3.8, 4) is 11.8 Å². The van der Waals surface area contributed by atoms with Crippen LogP contribution in [0.3, 0.4) is 0 Å². The lowest BCUT2D eigenvalue weighted by atomic mass is 10.3. The topological polar surface area (TPSA) is 59.9 Å². The molecule has 0 atom stereocenters. The van der Waals surface area contributed by atoms with Crippen LogP contribution in [0.4, 0.5) is 0 Å². The molecule has 5 nitrogen and oxygen atoms in total. The molecule has 0 aliphatic carbocycles. The Morgan fingerprint density at radius 3 is 2.58 bits per heavy atom. The molecule has 0 spiro atoms. The van der Waals surface area contributed by atoms with Crippen molar-refractivity contribution >= 4 is 0 Å². The van der Waals surface area contributed by atoms with Crippen LogP contribution >= 0.6 is 0 Å². The van der Waals surface area contributed by atoms with Gasteiger partial charge in [0, 0.05) is 36.7 Å². The number of aromatic nitrogens is 3. The minimum Gasteiger partial charge on any atom is -0.422 e. The lowest BCUT2D eigenvalue weighted by molar-refractivity contribution is 0.435. The van der Waals surface area contributed by atoms with E-state index in [0.717, 1.165) is 17.8 Å². The molecule has 2 aromatic heterocycles. The summed E-state index contributed by atoms with van der Waals surface area (Å²) >= 11 is 0. The molecule has 0 unspecified atom stereocenters. The Morgan fingerprint density at radius 1 is 1.21 bits per heavy atom. The molecule has 0 aliphatic rings. The summed E-state index contributed by atoms with van der Waals surface area (Å²) in [5, 5.41) is 3.31. The first-order valence-corrected chi connectivity index (χ1v) is 6.29. The maximum Gasteiger partial charge on any atom is 0.321 e. The van der Waals surface area contributed by atoms with Crippen molar-refractivity contribution in [2.24, 2.45) is 0 Å². The van der Waals surface area contributed by atoms with Gasteiger partial charge >= 0.3 is 6.01 Å². The average molecular weight is 258 g/mol. The van der Waals surface area contributed by atoms with Crippen molar-refractivity contribution in [1.82, 2.24) is 20.3 Å². The van der Waals surface area contributed by atoms with Gasteiger partial charge in [-0.1, -0.05) is 13.8 Å². The summed E-state index contributed by atoms with van der Waals surface area (Å²) < 4.78 is 5.58. The van der Waals surface area contributed by atoms with Crippen molar-refractivity contribution in [3.05, 3.63) is 42.0 Å². The summed E-state index contributed by atoms with van der Waals surface area (Å²) in [4.78, 5) is 12.5. The van der Waals surface area contributed by atoms with Gasteiger partial charge in [-0.25, -0.2) is 9.97 Å². The molecule has 0 radical (unpaired) electrons. The van der Waals surface area contributed by atoms with Gasteiger partial charge in [-0.2, -0.15) is 0 Å². The lowest BCUT2D eigenvalue weighted by Crippen LogP contribution is -2.21. The number of hydrogen-bond acceptors (Lipinski definition) is 5. The number of ether oxygens (including phenoxy) is 1. The van der Waals surface area contributed by atoms with E-state index in [1.807, 2.05) is 19.1 Å². The van der Waals surface area contributed by atoms with Crippen molar-refractivity contribution in [2.45, 2.75) is 33.4 Å². The normalized spacial score (nSPS) is 10.7. The highest BCUT2D eigenvalue weighted by molar-refractivity contribution is 5.28. The zero-order valence-electron chi connectivity index (χ0n) is 11.4. The van der Waals surface area contributed by atoms with E-state index >= 15 is 0 Å². The minimum absolute atomic E-state index is 0.337. The molecule has 0 saturated carbocycles. The molecule has 1 N–H and O–H groups in total. The van der Waals surface area contributed by atoms with Crippen LogP contribution in [0.5, 0.6) is 11.8 Å². The highest BCUT2D eigenvalue weighted by Gasteiger charge is 2.04. The van der Waals surface area contributed by atoms with Gasteiger partial charge in [0.1, 0.15) is 0 Å². The highest BCUT2D eigenvalue weighted by atomic mass is 16.5. The molecule has 2 heterocycles. The van der Waals surface area contributed by atoms with Gasteiger partial charge in [0.05, 0.1) is 5.69 Å². The zero-order chi connectivity index (χ0) is 13.7. The van der Waals surface area contributed by atoms with Crippen LogP contribution in [0.15, 0.2) is 30.7 Å². The fourth-order valence-corrected chi connectivity index (χ4v) is 1.48. The Hall–Kier alpha value is -2.01. The third-order valence-corrected chi connectivity index (χ3v) is 2.56. The van der Waals surface area contributed by atoms with Gasteiger partial charge < -0.3 is 10.1 Å². The summed E-state index contributed by atoms with van der Waals surface area (Å²) in [5.74, 6) is 0.676. The third-order valence-electron chi connectivity index (χ3n) is 2.56. The lowest BCUT2D eigenvalue weighted by Gasteiger charge is -2.08. The summed E-state index contributed by atoms with van der Waals surface area (Å²) in [6.45, 7) is 6.84. The Kier molecular flexibility index (Phi) is 4.41. The molecule has 5 heteroatoms. The Balaban J connectivity index is 2.01. The van der Waals surface area contributed by atoms with Gasteiger partial charge in [0.15, 0.2) is 5.75 Å². The molecular formula is C14H18N4O. The van der Waals surface area contributed by atoms with E-state index in [2.05, 4.69) is 34.1 Å². The monoisotopic (exact) mass is 258 g/mol. The molecule has 0 fully saturated rings. The van der Waals surface area contributed by atoms with E-state index in [9.17, 15) is 0 Å². The van der Waals surface area contributed by atoms with Gasteiger partial charge in [-0.05, 0) is 19.1 Å². The molecule has 0 bridgehead atoms. The van der Waals surface area contributed by atoms with Crippen molar-refractivity contribution in [3.63, 3.8) is 0 Å². The zero-order valence-corrected chi connectivity index (χ0v) is 11.4.